The van der Waals surface area contributed by atoms with E-state index in [1.807, 2.05) is 36.4 Å². The summed E-state index contributed by atoms with van der Waals surface area (Å²) in [7, 11) is 0. The summed E-state index contributed by atoms with van der Waals surface area (Å²) >= 11 is 0. The zero-order chi connectivity index (χ0) is 13.7. The van der Waals surface area contributed by atoms with Gasteiger partial charge in [-0.25, -0.2) is 0 Å². The van der Waals surface area contributed by atoms with Gasteiger partial charge in [0.05, 0.1) is 11.3 Å². The number of hydrogen-bond acceptors (Lipinski definition) is 3. The van der Waals surface area contributed by atoms with Crippen LogP contribution < -0.4 is 5.32 Å². The van der Waals surface area contributed by atoms with Gasteiger partial charge < -0.3 is 10.4 Å². The molecule has 4 nitrogen and oxygen atoms in total. The molecule has 2 N–H and O–H groups in total. The Morgan fingerprint density at radius 3 is 2.60 bits per heavy atom. The number of anilines is 1. The highest BCUT2D eigenvalue weighted by molar-refractivity contribution is 6.06. The Balaban J connectivity index is 2.02. The normalized spacial score (nSPS) is 17.2. The molecule has 0 aliphatic carbocycles. The Kier molecular flexibility index (Phi) is 2.22. The molecule has 2 aromatic carbocycles. The van der Waals surface area contributed by atoms with Crippen molar-refractivity contribution in [3.63, 3.8) is 0 Å². The molecular weight excluding hydrogens is 252 g/mol. The molecule has 0 saturated heterocycles. The number of hydrogen-bond donors (Lipinski definition) is 2. The highest BCUT2D eigenvalue weighted by Crippen LogP contribution is 2.31. The van der Waals surface area contributed by atoms with Crippen molar-refractivity contribution in [1.29, 1.82) is 0 Å². The first-order chi connectivity index (χ1) is 9.74. The van der Waals surface area contributed by atoms with Gasteiger partial charge in [0.1, 0.15) is 0 Å². The largest absolute Gasteiger partial charge is 0.368 e. The number of aromatic nitrogens is 1. The van der Waals surface area contributed by atoms with Crippen molar-refractivity contribution >= 4 is 22.4 Å². The molecule has 1 aliphatic rings. The maximum Gasteiger partial charge on any atom is 0.264 e. The quantitative estimate of drug-likeness (QED) is 0.656. The van der Waals surface area contributed by atoms with Crippen molar-refractivity contribution < 1.29 is 9.90 Å². The number of fused-ring (bicyclic) bond motifs is 3. The molecule has 1 atom stereocenters. The third kappa shape index (κ3) is 1.49. The number of benzene rings is 2. The smallest absolute Gasteiger partial charge is 0.264 e. The molecule has 0 saturated carbocycles. The number of rotatable bonds is 0. The van der Waals surface area contributed by atoms with Crippen LogP contribution in [0, 0.1) is 0 Å². The Morgan fingerprint density at radius 1 is 1.05 bits per heavy atom. The number of nitrogens with one attached hydrogen (secondary N) is 1. The van der Waals surface area contributed by atoms with Crippen LogP contribution >= 0.6 is 0 Å². The fourth-order valence-electron chi connectivity index (χ4n) is 2.69. The zero-order valence-electron chi connectivity index (χ0n) is 10.6. The van der Waals surface area contributed by atoms with Gasteiger partial charge in [0.25, 0.3) is 5.91 Å². The van der Waals surface area contributed by atoms with Crippen LogP contribution in [0.15, 0.2) is 54.7 Å². The number of aliphatic hydroxyl groups excluding tert-OH is 1. The van der Waals surface area contributed by atoms with Crippen LogP contribution in [0.1, 0.15) is 22.3 Å². The van der Waals surface area contributed by atoms with E-state index < -0.39 is 6.23 Å². The van der Waals surface area contributed by atoms with E-state index in [-0.39, 0.29) is 5.91 Å². The second-order valence-corrected chi connectivity index (χ2v) is 4.90. The molecule has 1 aliphatic heterocycles. The Labute approximate surface area is 115 Å². The van der Waals surface area contributed by atoms with Crippen molar-refractivity contribution in [1.82, 2.24) is 4.57 Å². The fourth-order valence-corrected chi connectivity index (χ4v) is 2.69. The van der Waals surface area contributed by atoms with Gasteiger partial charge in [0, 0.05) is 11.9 Å². The van der Waals surface area contributed by atoms with E-state index in [0.717, 1.165) is 10.8 Å². The Bertz CT molecular complexity index is 835. The lowest BCUT2D eigenvalue weighted by molar-refractivity contribution is 0.0950. The van der Waals surface area contributed by atoms with Gasteiger partial charge in [-0.05, 0) is 35.0 Å². The van der Waals surface area contributed by atoms with Gasteiger partial charge in [-0.15, -0.1) is 0 Å². The average Bonchev–Trinajstić information content (AvgIpc) is 2.92. The van der Waals surface area contributed by atoms with Crippen molar-refractivity contribution in [3.8, 4) is 0 Å². The summed E-state index contributed by atoms with van der Waals surface area (Å²) in [6.45, 7) is 0. The van der Waals surface area contributed by atoms with Crippen molar-refractivity contribution in [2.24, 2.45) is 0 Å². The Morgan fingerprint density at radius 2 is 1.80 bits per heavy atom. The lowest BCUT2D eigenvalue weighted by atomic mass is 10.0. The maximum absolute atomic E-state index is 12.6. The SMILES string of the molecule is O=C1c2cc3ccccc3cc2N[C@@H](O)c2cccn21. The molecular formula is C16H12N2O2. The van der Waals surface area contributed by atoms with Gasteiger partial charge in [-0.3, -0.25) is 9.36 Å². The first kappa shape index (κ1) is 11.3. The molecule has 1 aromatic heterocycles. The van der Waals surface area contributed by atoms with Gasteiger partial charge >= 0.3 is 0 Å². The number of aliphatic hydroxyl groups is 1. The van der Waals surface area contributed by atoms with Crippen LogP contribution in [-0.4, -0.2) is 15.6 Å². The predicted octanol–water partition coefficient (Wildman–Crippen LogP) is 2.75. The predicted molar refractivity (Wildman–Crippen MR) is 76.7 cm³/mol. The second-order valence-electron chi connectivity index (χ2n) is 4.90. The lowest BCUT2D eigenvalue weighted by Crippen LogP contribution is -2.14. The highest BCUT2D eigenvalue weighted by atomic mass is 16.3. The van der Waals surface area contributed by atoms with Gasteiger partial charge in [-0.2, -0.15) is 0 Å². The molecule has 2 heterocycles. The maximum atomic E-state index is 12.6. The Hall–Kier alpha value is -2.59. The van der Waals surface area contributed by atoms with Crippen LogP contribution in [0.3, 0.4) is 0 Å². The molecule has 0 fully saturated rings. The van der Waals surface area contributed by atoms with Crippen LogP contribution in [0.25, 0.3) is 10.8 Å². The average molecular weight is 264 g/mol. The summed E-state index contributed by atoms with van der Waals surface area (Å²) in [5, 5.41) is 15.2. The molecule has 0 bridgehead atoms. The van der Waals surface area contributed by atoms with Crippen molar-refractivity contribution in [3.05, 3.63) is 66.0 Å². The fraction of sp³-hybridized carbons (Fsp3) is 0.0625. The van der Waals surface area contributed by atoms with Crippen LogP contribution in [0.5, 0.6) is 0 Å². The van der Waals surface area contributed by atoms with Crippen molar-refractivity contribution in [2.75, 3.05) is 5.32 Å². The summed E-state index contributed by atoms with van der Waals surface area (Å²) in [5.74, 6) is -0.130. The molecule has 4 heteroatoms. The molecule has 4 rings (SSSR count). The first-order valence-electron chi connectivity index (χ1n) is 6.43. The summed E-state index contributed by atoms with van der Waals surface area (Å²) in [5.41, 5.74) is 1.78. The molecule has 0 unspecified atom stereocenters. The van der Waals surface area contributed by atoms with Gasteiger partial charge in [0.15, 0.2) is 6.23 Å². The molecule has 98 valence electrons. The van der Waals surface area contributed by atoms with E-state index in [0.29, 0.717) is 16.9 Å². The van der Waals surface area contributed by atoms with E-state index in [1.165, 1.54) is 4.57 Å². The van der Waals surface area contributed by atoms with E-state index in [2.05, 4.69) is 5.32 Å². The zero-order valence-corrected chi connectivity index (χ0v) is 10.6. The summed E-state index contributed by atoms with van der Waals surface area (Å²) in [4.78, 5) is 12.6. The van der Waals surface area contributed by atoms with E-state index in [9.17, 15) is 9.90 Å². The number of carbonyl (C=O) groups excluding carboxylic acids is 1. The van der Waals surface area contributed by atoms with E-state index in [4.69, 9.17) is 0 Å². The summed E-state index contributed by atoms with van der Waals surface area (Å²) < 4.78 is 1.48. The molecule has 0 radical (unpaired) electrons. The lowest BCUT2D eigenvalue weighted by Gasteiger charge is -2.12. The standard InChI is InChI=1S/C16H12N2O2/c19-15-14-6-3-7-18(14)16(20)12-8-10-4-1-2-5-11(10)9-13(12)17-15/h1-9,15,17,19H/t15-/m0/s1. The highest BCUT2D eigenvalue weighted by Gasteiger charge is 2.25. The van der Waals surface area contributed by atoms with Crippen LogP contribution in [0.2, 0.25) is 0 Å². The minimum Gasteiger partial charge on any atom is -0.368 e. The van der Waals surface area contributed by atoms with Crippen LogP contribution in [-0.2, 0) is 0 Å². The second kappa shape index (κ2) is 3.95. The van der Waals surface area contributed by atoms with Gasteiger partial charge in [0.2, 0.25) is 0 Å². The number of nitrogens with zero attached hydrogens (tertiary/aromatic N) is 1. The summed E-state index contributed by atoms with van der Waals surface area (Å²) in [6.07, 6.45) is 0.781. The molecule has 3 aromatic rings. The number of carbonyl (C=O) groups is 1. The molecule has 0 spiro atoms. The third-order valence-corrected chi connectivity index (χ3v) is 3.69. The van der Waals surface area contributed by atoms with Crippen molar-refractivity contribution in [2.45, 2.75) is 6.23 Å². The minimum absolute atomic E-state index is 0.130. The topological polar surface area (TPSA) is 54.3 Å². The van der Waals surface area contributed by atoms with Gasteiger partial charge in [-0.1, -0.05) is 24.3 Å². The third-order valence-electron chi connectivity index (χ3n) is 3.69. The molecule has 0 amide bonds. The first-order valence-corrected chi connectivity index (χ1v) is 6.43. The minimum atomic E-state index is -0.892. The van der Waals surface area contributed by atoms with E-state index >= 15 is 0 Å². The monoisotopic (exact) mass is 264 g/mol. The molecule has 20 heavy (non-hydrogen) atoms. The van der Waals surface area contributed by atoms with E-state index in [1.54, 1.807) is 18.3 Å². The van der Waals surface area contributed by atoms with Crippen LogP contribution in [0.4, 0.5) is 5.69 Å². The summed E-state index contributed by atoms with van der Waals surface area (Å²) in [6, 6.07) is 15.1.